The van der Waals surface area contributed by atoms with Crippen molar-refractivity contribution in [1.82, 2.24) is 4.98 Å². The molecule has 1 aromatic heterocycles. The Kier molecular flexibility index (Phi) is 3.18. The molecule has 1 aliphatic rings. The Morgan fingerprint density at radius 2 is 2.06 bits per heavy atom. The van der Waals surface area contributed by atoms with Crippen molar-refractivity contribution in [3.63, 3.8) is 0 Å². The smallest absolute Gasteiger partial charge is 0.168 e. The minimum absolute atomic E-state index is 0.386. The van der Waals surface area contributed by atoms with Gasteiger partial charge in [-0.15, -0.1) is 11.3 Å². The van der Waals surface area contributed by atoms with Crippen LogP contribution in [0.25, 0.3) is 10.2 Å². The van der Waals surface area contributed by atoms with Crippen molar-refractivity contribution >= 4 is 37.5 Å². The minimum atomic E-state index is -0.386. The van der Waals surface area contributed by atoms with Crippen molar-refractivity contribution < 1.29 is 9.47 Å². The Morgan fingerprint density at radius 3 is 2.72 bits per heavy atom. The molecule has 5 heteroatoms. The van der Waals surface area contributed by atoms with E-state index in [2.05, 4.69) is 28.1 Å². The number of halogens is 1. The van der Waals surface area contributed by atoms with E-state index in [4.69, 9.17) is 14.5 Å². The van der Waals surface area contributed by atoms with Gasteiger partial charge in [-0.1, -0.05) is 15.9 Å². The summed E-state index contributed by atoms with van der Waals surface area (Å²) in [6.45, 7) is 0. The SMILES string of the molecule is COC1(OC)CC(c2nc3ccc(Br)cc3s2)C1. The molecule has 0 unspecified atom stereocenters. The molecule has 1 aromatic carbocycles. The lowest BCUT2D eigenvalue weighted by Crippen LogP contribution is -2.45. The largest absolute Gasteiger partial charge is 0.353 e. The Morgan fingerprint density at radius 1 is 1.33 bits per heavy atom. The first kappa shape index (κ1) is 12.5. The molecule has 18 heavy (non-hydrogen) atoms. The van der Waals surface area contributed by atoms with Gasteiger partial charge >= 0.3 is 0 Å². The molecule has 1 heterocycles. The monoisotopic (exact) mass is 327 g/mol. The van der Waals surface area contributed by atoms with Gasteiger partial charge in [0.15, 0.2) is 5.79 Å². The lowest BCUT2D eigenvalue weighted by Gasteiger charge is -2.44. The fourth-order valence-corrected chi connectivity index (χ4v) is 3.99. The van der Waals surface area contributed by atoms with Crippen LogP contribution < -0.4 is 0 Å². The zero-order chi connectivity index (χ0) is 12.8. The van der Waals surface area contributed by atoms with Crippen LogP contribution in [0.2, 0.25) is 0 Å². The van der Waals surface area contributed by atoms with Gasteiger partial charge in [0, 0.05) is 37.5 Å². The summed E-state index contributed by atoms with van der Waals surface area (Å²) >= 11 is 5.25. The van der Waals surface area contributed by atoms with E-state index in [0.717, 1.165) is 22.8 Å². The molecular weight excluding hydrogens is 314 g/mol. The molecule has 0 aliphatic heterocycles. The molecule has 0 atom stereocenters. The van der Waals surface area contributed by atoms with Crippen molar-refractivity contribution in [3.8, 4) is 0 Å². The van der Waals surface area contributed by atoms with Gasteiger partial charge < -0.3 is 9.47 Å². The van der Waals surface area contributed by atoms with Gasteiger partial charge in [-0.25, -0.2) is 4.98 Å². The molecule has 3 rings (SSSR count). The number of ether oxygens (including phenoxy) is 2. The molecule has 1 saturated carbocycles. The highest BCUT2D eigenvalue weighted by molar-refractivity contribution is 9.10. The third-order valence-corrected chi connectivity index (χ3v) is 5.25. The van der Waals surface area contributed by atoms with Crippen LogP contribution in [0.5, 0.6) is 0 Å². The van der Waals surface area contributed by atoms with Gasteiger partial charge in [0.25, 0.3) is 0 Å². The third-order valence-electron chi connectivity index (χ3n) is 3.58. The summed E-state index contributed by atoms with van der Waals surface area (Å²) in [6, 6.07) is 6.20. The molecule has 1 aliphatic carbocycles. The highest BCUT2D eigenvalue weighted by Gasteiger charge is 2.47. The lowest BCUT2D eigenvalue weighted by atomic mass is 9.79. The summed E-state index contributed by atoms with van der Waals surface area (Å²) in [5.41, 5.74) is 1.07. The zero-order valence-corrected chi connectivity index (χ0v) is 12.7. The molecule has 3 nitrogen and oxygen atoms in total. The van der Waals surface area contributed by atoms with Gasteiger partial charge in [0.2, 0.25) is 0 Å². The molecule has 0 amide bonds. The van der Waals surface area contributed by atoms with Crippen molar-refractivity contribution in [2.75, 3.05) is 14.2 Å². The maximum Gasteiger partial charge on any atom is 0.168 e. The topological polar surface area (TPSA) is 31.4 Å². The molecule has 0 radical (unpaired) electrons. The number of rotatable bonds is 3. The molecule has 1 fully saturated rings. The van der Waals surface area contributed by atoms with Crippen LogP contribution in [0, 0.1) is 0 Å². The number of aromatic nitrogens is 1. The third kappa shape index (κ3) is 1.99. The van der Waals surface area contributed by atoms with Crippen molar-refractivity contribution in [2.45, 2.75) is 24.5 Å². The van der Waals surface area contributed by atoms with E-state index < -0.39 is 0 Å². The fourth-order valence-electron chi connectivity index (χ4n) is 2.37. The molecule has 2 aromatic rings. The van der Waals surface area contributed by atoms with Gasteiger partial charge in [0.1, 0.15) is 0 Å². The second-order valence-electron chi connectivity index (χ2n) is 4.59. The summed E-state index contributed by atoms with van der Waals surface area (Å²) in [7, 11) is 3.41. The van der Waals surface area contributed by atoms with E-state index in [9.17, 15) is 0 Å². The predicted octanol–water partition coefficient (Wildman–Crippen LogP) is 3.93. The number of hydrogen-bond acceptors (Lipinski definition) is 4. The van der Waals surface area contributed by atoms with Crippen molar-refractivity contribution in [2.24, 2.45) is 0 Å². The van der Waals surface area contributed by atoms with Crippen LogP contribution in [0.3, 0.4) is 0 Å². The minimum Gasteiger partial charge on any atom is -0.353 e. The molecule has 0 bridgehead atoms. The predicted molar refractivity (Wildman–Crippen MR) is 76.0 cm³/mol. The van der Waals surface area contributed by atoms with E-state index >= 15 is 0 Å². The zero-order valence-electron chi connectivity index (χ0n) is 10.3. The summed E-state index contributed by atoms with van der Waals surface area (Å²) in [5.74, 6) is 0.0735. The maximum atomic E-state index is 5.41. The summed E-state index contributed by atoms with van der Waals surface area (Å²) < 4.78 is 13.2. The molecule has 96 valence electrons. The average Bonchev–Trinajstić information content (AvgIpc) is 2.71. The Bertz CT molecular complexity index is 571. The first-order valence-corrected chi connectivity index (χ1v) is 7.43. The van der Waals surface area contributed by atoms with E-state index in [1.54, 1.807) is 25.6 Å². The Balaban J connectivity index is 1.84. The number of hydrogen-bond donors (Lipinski definition) is 0. The first-order valence-electron chi connectivity index (χ1n) is 5.82. The van der Waals surface area contributed by atoms with E-state index in [1.807, 2.05) is 6.07 Å². The average molecular weight is 328 g/mol. The van der Waals surface area contributed by atoms with Crippen LogP contribution >= 0.6 is 27.3 Å². The molecular formula is C13H14BrNO2S. The second-order valence-corrected chi connectivity index (χ2v) is 6.57. The summed E-state index contributed by atoms with van der Waals surface area (Å²) in [4.78, 5) is 4.70. The van der Waals surface area contributed by atoms with E-state index in [-0.39, 0.29) is 5.79 Å². The van der Waals surface area contributed by atoms with E-state index in [1.165, 1.54) is 9.71 Å². The number of nitrogens with zero attached hydrogens (tertiary/aromatic N) is 1. The number of fused-ring (bicyclic) bond motifs is 1. The van der Waals surface area contributed by atoms with Crippen LogP contribution in [0.1, 0.15) is 23.8 Å². The quantitative estimate of drug-likeness (QED) is 0.800. The van der Waals surface area contributed by atoms with Crippen molar-refractivity contribution in [1.29, 1.82) is 0 Å². The maximum absolute atomic E-state index is 5.41. The Hall–Kier alpha value is -0.490. The fraction of sp³-hybridized carbons (Fsp3) is 0.462. The van der Waals surface area contributed by atoms with Crippen molar-refractivity contribution in [3.05, 3.63) is 27.7 Å². The van der Waals surface area contributed by atoms with Crippen LogP contribution in [-0.4, -0.2) is 25.0 Å². The summed E-state index contributed by atoms with van der Waals surface area (Å²) in [5, 5.41) is 1.19. The Labute approximate surface area is 118 Å². The van der Waals surface area contributed by atoms with Crippen LogP contribution in [0.15, 0.2) is 22.7 Å². The van der Waals surface area contributed by atoms with E-state index in [0.29, 0.717) is 5.92 Å². The summed E-state index contributed by atoms with van der Waals surface area (Å²) in [6.07, 6.45) is 1.78. The van der Waals surface area contributed by atoms with Gasteiger partial charge in [-0.3, -0.25) is 0 Å². The van der Waals surface area contributed by atoms with Crippen LogP contribution in [-0.2, 0) is 9.47 Å². The highest BCUT2D eigenvalue weighted by Crippen LogP contribution is 2.48. The highest BCUT2D eigenvalue weighted by atomic mass is 79.9. The number of benzene rings is 1. The van der Waals surface area contributed by atoms with Gasteiger partial charge in [0.05, 0.1) is 15.2 Å². The number of methoxy groups -OCH3 is 2. The molecule has 0 saturated heterocycles. The van der Waals surface area contributed by atoms with Gasteiger partial charge in [-0.2, -0.15) is 0 Å². The normalized spacial score (nSPS) is 19.1. The number of thiazole rings is 1. The van der Waals surface area contributed by atoms with Crippen LogP contribution in [0.4, 0.5) is 0 Å². The standard InChI is InChI=1S/C13H14BrNO2S/c1-16-13(17-2)6-8(7-13)12-15-10-4-3-9(14)5-11(10)18-12/h3-5,8H,6-7H2,1-2H3. The van der Waals surface area contributed by atoms with Gasteiger partial charge in [-0.05, 0) is 18.2 Å². The molecule has 0 N–H and O–H groups in total. The second kappa shape index (κ2) is 4.56. The molecule has 0 spiro atoms. The first-order chi connectivity index (χ1) is 8.65. The lowest BCUT2D eigenvalue weighted by molar-refractivity contribution is -0.257.